The van der Waals surface area contributed by atoms with Crippen LogP contribution < -0.4 is 11.1 Å². The monoisotopic (exact) mass is 641 g/mol. The maximum Gasteiger partial charge on any atom is 0.352 e. The summed E-state index contributed by atoms with van der Waals surface area (Å²) in [6.07, 6.45) is 2.17. The summed E-state index contributed by atoms with van der Waals surface area (Å²) in [5.41, 5.74) is 5.82. The van der Waals surface area contributed by atoms with Crippen molar-refractivity contribution in [3.05, 3.63) is 27.7 Å². The largest absolute Gasteiger partial charge is 0.477 e. The Hall–Kier alpha value is -3.26. The summed E-state index contributed by atoms with van der Waals surface area (Å²) in [4.78, 5) is 59.5. The lowest BCUT2D eigenvalue weighted by atomic mass is 10.0. The van der Waals surface area contributed by atoms with Crippen molar-refractivity contribution in [1.29, 1.82) is 0 Å². The number of aromatic nitrogens is 3. The van der Waals surface area contributed by atoms with Gasteiger partial charge in [-0.3, -0.25) is 14.5 Å². The smallest absolute Gasteiger partial charge is 0.352 e. The summed E-state index contributed by atoms with van der Waals surface area (Å²) in [5, 5.41) is 33.7. The van der Waals surface area contributed by atoms with Gasteiger partial charge < -0.3 is 31.0 Å². The molecule has 0 radical (unpaired) electrons. The van der Waals surface area contributed by atoms with E-state index in [-0.39, 0.29) is 33.0 Å². The number of β-lactam (4-membered cyclic amide) rings is 1. The van der Waals surface area contributed by atoms with Crippen LogP contribution in [0.2, 0.25) is 0 Å². The van der Waals surface area contributed by atoms with E-state index in [2.05, 4.69) is 31.9 Å². The molecule has 2 saturated heterocycles. The second kappa shape index (κ2) is 11.6. The van der Waals surface area contributed by atoms with Crippen LogP contribution in [0.4, 0.5) is 5.13 Å². The van der Waals surface area contributed by atoms with Crippen LogP contribution in [0.5, 0.6) is 0 Å². The van der Waals surface area contributed by atoms with Crippen molar-refractivity contribution in [3.8, 4) is 0 Å². The van der Waals surface area contributed by atoms with Gasteiger partial charge in [-0.15, -0.1) is 23.1 Å². The van der Waals surface area contributed by atoms with Crippen molar-refractivity contribution >= 4 is 81.0 Å². The van der Waals surface area contributed by atoms with E-state index in [1.54, 1.807) is 0 Å². The van der Waals surface area contributed by atoms with Crippen molar-refractivity contribution < 1.29 is 39.1 Å². The molecule has 0 aromatic carbocycles. The van der Waals surface area contributed by atoms with Crippen LogP contribution in [0.25, 0.3) is 0 Å². The Bertz CT molecular complexity index is 1480. The lowest BCUT2D eigenvalue weighted by Crippen LogP contribution is -2.71. The number of carboxylic acid groups (broad SMARTS) is 2. The first-order chi connectivity index (χ1) is 19.5. The molecule has 41 heavy (non-hydrogen) atoms. The SMILES string of the molecule is C[N+]1(Cc2nc(SCC3=C(C(=O)O)N4C(=O)[C@@H](NC(=O)/C(=N\O)c5nsc(N)n5)C4SC3)sc2C(=O)O)CCCC1. The number of thioether (sulfide) groups is 2. The molecule has 0 saturated carbocycles. The lowest BCUT2D eigenvalue weighted by molar-refractivity contribution is -0.911. The number of hydrogen-bond acceptors (Lipinski definition) is 14. The number of quaternary nitrogens is 1. The summed E-state index contributed by atoms with van der Waals surface area (Å²) in [7, 11) is 2.09. The molecule has 19 heteroatoms. The van der Waals surface area contributed by atoms with Crippen molar-refractivity contribution in [3.63, 3.8) is 0 Å². The van der Waals surface area contributed by atoms with Crippen molar-refractivity contribution in [2.75, 3.05) is 37.4 Å². The number of nitrogens with two attached hydrogens (primary N) is 1. The predicted octanol–water partition coefficient (Wildman–Crippen LogP) is 0.725. The van der Waals surface area contributed by atoms with Gasteiger partial charge in [0.1, 0.15) is 34.2 Å². The Kier molecular flexibility index (Phi) is 8.24. The summed E-state index contributed by atoms with van der Waals surface area (Å²) in [6, 6.07) is -1.06. The van der Waals surface area contributed by atoms with Gasteiger partial charge >= 0.3 is 11.9 Å². The van der Waals surface area contributed by atoms with Gasteiger partial charge in [-0.05, 0) is 5.57 Å². The van der Waals surface area contributed by atoms with Crippen LogP contribution in [0.15, 0.2) is 20.8 Å². The van der Waals surface area contributed by atoms with Gasteiger partial charge in [0.25, 0.3) is 11.8 Å². The second-order valence-electron chi connectivity index (χ2n) is 9.80. The molecular weight excluding hydrogens is 617 g/mol. The van der Waals surface area contributed by atoms with Gasteiger partial charge in [-0.1, -0.05) is 16.9 Å². The minimum atomic E-state index is -1.29. The molecule has 5 rings (SSSR count). The maximum atomic E-state index is 13.0. The third kappa shape index (κ3) is 5.76. The van der Waals surface area contributed by atoms with Gasteiger partial charge in [-0.25, -0.2) is 14.6 Å². The fourth-order valence-electron chi connectivity index (χ4n) is 4.96. The molecule has 0 bridgehead atoms. The van der Waals surface area contributed by atoms with E-state index in [0.29, 0.717) is 22.2 Å². The Morgan fingerprint density at radius 3 is 2.56 bits per heavy atom. The third-order valence-corrected chi connectivity index (χ3v) is 11.1. The topological polar surface area (TPSA) is 221 Å². The number of fused-ring (bicyclic) bond motifs is 1. The normalized spacial score (nSPS) is 21.9. The zero-order valence-corrected chi connectivity index (χ0v) is 24.7. The van der Waals surface area contributed by atoms with Gasteiger partial charge in [-0.2, -0.15) is 9.36 Å². The number of anilines is 1. The van der Waals surface area contributed by atoms with E-state index in [1.165, 1.54) is 23.5 Å². The highest BCUT2D eigenvalue weighted by molar-refractivity contribution is 8.01. The number of carbonyl (C=O) groups excluding carboxylic acids is 2. The predicted molar refractivity (Wildman–Crippen MR) is 151 cm³/mol. The molecule has 218 valence electrons. The van der Waals surface area contributed by atoms with Crippen LogP contribution in [-0.4, -0.2) is 112 Å². The van der Waals surface area contributed by atoms with Gasteiger partial charge in [0.05, 0.1) is 20.1 Å². The number of thiazole rings is 1. The van der Waals surface area contributed by atoms with E-state index in [1.807, 2.05) is 0 Å². The fraction of sp³-hybridized carbons (Fsp3) is 0.455. The van der Waals surface area contributed by atoms with E-state index < -0.39 is 40.9 Å². The number of amides is 2. The molecule has 5 heterocycles. The molecule has 0 spiro atoms. The highest BCUT2D eigenvalue weighted by Crippen LogP contribution is 2.42. The summed E-state index contributed by atoms with van der Waals surface area (Å²) >= 11 is 4.37. The molecule has 2 amide bonds. The van der Waals surface area contributed by atoms with Gasteiger partial charge in [0.15, 0.2) is 9.47 Å². The number of nitrogen functional groups attached to an aromatic ring is 1. The van der Waals surface area contributed by atoms with Crippen LogP contribution in [-0.2, 0) is 20.9 Å². The molecule has 0 aliphatic carbocycles. The number of carbonyl (C=O) groups is 4. The molecule has 2 atom stereocenters. The first-order valence-corrected chi connectivity index (χ1v) is 15.9. The van der Waals surface area contributed by atoms with Crippen LogP contribution in [0.1, 0.15) is 34.0 Å². The molecule has 2 aromatic rings. The van der Waals surface area contributed by atoms with Crippen LogP contribution in [0.3, 0.4) is 0 Å². The number of aliphatic carboxylic acids is 1. The average Bonchev–Trinajstić information content (AvgIpc) is 3.66. The fourth-order valence-corrected chi connectivity index (χ4v) is 8.89. The van der Waals surface area contributed by atoms with E-state index >= 15 is 0 Å². The summed E-state index contributed by atoms with van der Waals surface area (Å²) < 4.78 is 5.07. The molecule has 3 aliphatic heterocycles. The average molecular weight is 642 g/mol. The zero-order valence-electron chi connectivity index (χ0n) is 21.5. The van der Waals surface area contributed by atoms with Crippen molar-refractivity contribution in [1.82, 2.24) is 24.6 Å². The van der Waals surface area contributed by atoms with Crippen LogP contribution in [0, 0.1) is 0 Å². The minimum Gasteiger partial charge on any atom is -0.477 e. The number of likely N-dealkylation sites (tertiary alicyclic amines) is 1. The molecule has 3 aliphatic rings. The molecule has 1 unspecified atom stereocenters. The molecular formula is C22H25N8O7S4+. The van der Waals surface area contributed by atoms with Gasteiger partial charge in [0, 0.05) is 35.9 Å². The number of oxime groups is 1. The standard InChI is InChI=1S/C22H24N8O7S4/c1-30(4-2-3-5-30)6-10-14(20(35)36)40-22(24-10)39-8-9-7-38-18-12(17(32)29(18)13(9)19(33)34)25-16(31)11(27-37)15-26-21(23)41-28-15/h12,18H,2-8H2,1H3,(H5-,23,25,26,28,31,33,34,35,36,37)/p+1/t12-,18?/m1/s1. The van der Waals surface area contributed by atoms with Crippen molar-refractivity contribution in [2.45, 2.75) is 35.1 Å². The van der Waals surface area contributed by atoms with E-state index in [4.69, 9.17) is 5.73 Å². The number of aromatic carboxylic acids is 1. The molecule has 2 aromatic heterocycles. The molecule has 15 nitrogen and oxygen atoms in total. The second-order valence-corrected chi connectivity index (χ2v) is 13.9. The first-order valence-electron chi connectivity index (χ1n) is 12.2. The number of carboxylic acids is 2. The summed E-state index contributed by atoms with van der Waals surface area (Å²) in [6.45, 7) is 2.44. The number of rotatable bonds is 10. The molecule has 6 N–H and O–H groups in total. The first kappa shape index (κ1) is 29.2. The van der Waals surface area contributed by atoms with E-state index in [9.17, 15) is 34.6 Å². The number of nitrogens with zero attached hydrogens (tertiary/aromatic N) is 6. The van der Waals surface area contributed by atoms with Crippen molar-refractivity contribution in [2.24, 2.45) is 5.16 Å². The maximum absolute atomic E-state index is 13.0. The zero-order chi connectivity index (χ0) is 29.5. The Labute approximate surface area is 249 Å². The Morgan fingerprint density at radius 2 is 1.95 bits per heavy atom. The minimum absolute atomic E-state index is 0.0553. The highest BCUT2D eigenvalue weighted by atomic mass is 32.2. The summed E-state index contributed by atoms with van der Waals surface area (Å²) in [5.74, 6) is -3.63. The Morgan fingerprint density at radius 1 is 1.22 bits per heavy atom. The number of hydrogen-bond donors (Lipinski definition) is 5. The third-order valence-electron chi connectivity index (χ3n) is 6.92. The van der Waals surface area contributed by atoms with E-state index in [0.717, 1.165) is 58.2 Å². The highest BCUT2D eigenvalue weighted by Gasteiger charge is 2.54. The lowest BCUT2D eigenvalue weighted by Gasteiger charge is -2.49. The molecule has 2 fully saturated rings. The quantitative estimate of drug-likeness (QED) is 0.0604. The Balaban J connectivity index is 1.29. The van der Waals surface area contributed by atoms with Crippen LogP contribution >= 0.6 is 46.4 Å². The van der Waals surface area contributed by atoms with Gasteiger partial charge in [0.2, 0.25) is 11.5 Å². The number of nitrogens with one attached hydrogen (secondary N) is 1.